The van der Waals surface area contributed by atoms with Gasteiger partial charge in [-0.1, -0.05) is 6.07 Å². The Morgan fingerprint density at radius 3 is 2.85 bits per heavy atom. The van der Waals surface area contributed by atoms with Crippen molar-refractivity contribution in [2.45, 2.75) is 26.8 Å². The lowest BCUT2D eigenvalue weighted by atomic mass is 10.1. The molecule has 0 aliphatic carbocycles. The first-order valence-corrected chi connectivity index (χ1v) is 10.9. The normalized spacial score (nSPS) is 11.8. The van der Waals surface area contributed by atoms with E-state index in [1.54, 1.807) is 36.3 Å². The number of amides is 2. The number of aromatic nitrogens is 4. The van der Waals surface area contributed by atoms with Crippen molar-refractivity contribution in [2.75, 3.05) is 26.5 Å². The number of rotatable bonds is 9. The van der Waals surface area contributed by atoms with Gasteiger partial charge < -0.3 is 24.4 Å². The number of nitrogens with one attached hydrogen (secondary N) is 1. The van der Waals surface area contributed by atoms with Gasteiger partial charge in [0.2, 0.25) is 12.7 Å². The molecule has 2 amide bonds. The zero-order valence-electron chi connectivity index (χ0n) is 19.1. The molecule has 3 aromatic rings. The maximum Gasteiger partial charge on any atom is 0.325 e. The third-order valence-electron chi connectivity index (χ3n) is 5.02. The molecule has 2 aromatic heterocycles. The summed E-state index contributed by atoms with van der Waals surface area (Å²) in [6.45, 7) is 4.29. The molecule has 0 saturated heterocycles. The number of hydrogen-bond acceptors (Lipinski definition) is 8. The van der Waals surface area contributed by atoms with Gasteiger partial charge >= 0.3 is 12.0 Å². The number of imidazole rings is 1. The van der Waals surface area contributed by atoms with Gasteiger partial charge in [0.05, 0.1) is 18.8 Å². The Morgan fingerprint density at radius 2 is 2.06 bits per heavy atom. The van der Waals surface area contributed by atoms with E-state index in [0.717, 1.165) is 11.3 Å². The molecule has 1 aromatic carbocycles. The van der Waals surface area contributed by atoms with Crippen LogP contribution in [0.2, 0.25) is 0 Å². The minimum atomic E-state index is -0.492. The molecule has 0 spiro atoms. The Bertz CT molecular complexity index is 1150. The molecule has 11 heteroatoms. The van der Waals surface area contributed by atoms with Crippen molar-refractivity contribution in [3.63, 3.8) is 0 Å². The summed E-state index contributed by atoms with van der Waals surface area (Å²) in [6.07, 6.45) is 5.55. The molecule has 1 N–H and O–H groups in total. The van der Waals surface area contributed by atoms with Gasteiger partial charge in [0.1, 0.15) is 12.9 Å². The topological polar surface area (TPSA) is 121 Å². The summed E-state index contributed by atoms with van der Waals surface area (Å²) in [5.41, 5.74) is 2.32. The number of benzene rings is 1. The maximum absolute atomic E-state index is 13.0. The van der Waals surface area contributed by atoms with Gasteiger partial charge in [0.15, 0.2) is 11.5 Å². The van der Waals surface area contributed by atoms with Crippen LogP contribution in [0.3, 0.4) is 0 Å². The van der Waals surface area contributed by atoms with Gasteiger partial charge in [0, 0.05) is 24.6 Å². The molecule has 0 saturated carbocycles. The number of nitrogens with zero attached hydrogens (tertiary/aromatic N) is 5. The predicted molar refractivity (Wildman–Crippen MR) is 121 cm³/mol. The number of carbonyl (C=O) groups is 2. The lowest BCUT2D eigenvalue weighted by Crippen LogP contribution is -2.43. The lowest BCUT2D eigenvalue weighted by molar-refractivity contribution is -0.143. The first kappa shape index (κ1) is 23.0. The minimum absolute atomic E-state index is 0.111. The quantitative estimate of drug-likeness (QED) is 0.476. The van der Waals surface area contributed by atoms with Crippen LogP contribution in [-0.2, 0) is 22.5 Å². The molecule has 34 heavy (non-hydrogen) atoms. The van der Waals surface area contributed by atoms with E-state index in [1.165, 1.54) is 4.90 Å². The molecule has 0 radical (unpaired) electrons. The summed E-state index contributed by atoms with van der Waals surface area (Å²) in [5.74, 6) is 1.35. The Kier molecular flexibility index (Phi) is 7.21. The van der Waals surface area contributed by atoms with Gasteiger partial charge in [-0.25, -0.2) is 19.7 Å². The smallest absolute Gasteiger partial charge is 0.325 e. The fourth-order valence-corrected chi connectivity index (χ4v) is 3.47. The number of esters is 1. The molecule has 0 atom stereocenters. The zero-order valence-corrected chi connectivity index (χ0v) is 19.1. The van der Waals surface area contributed by atoms with Crippen molar-refractivity contribution in [2.24, 2.45) is 0 Å². The van der Waals surface area contributed by atoms with Crippen LogP contribution in [0.1, 0.15) is 23.9 Å². The molecule has 0 bridgehead atoms. The monoisotopic (exact) mass is 466 g/mol. The molecule has 4 rings (SSSR count). The highest BCUT2D eigenvalue weighted by Crippen LogP contribution is 2.32. The summed E-state index contributed by atoms with van der Waals surface area (Å²) in [4.78, 5) is 39.4. The van der Waals surface area contributed by atoms with Crippen LogP contribution in [-0.4, -0.2) is 62.9 Å². The summed E-state index contributed by atoms with van der Waals surface area (Å²) < 4.78 is 17.5. The van der Waals surface area contributed by atoms with E-state index >= 15 is 0 Å². The number of fused-ring (bicyclic) bond motifs is 1. The summed E-state index contributed by atoms with van der Waals surface area (Å²) in [6, 6.07) is 7.05. The highest BCUT2D eigenvalue weighted by molar-refractivity contribution is 5.81. The Labute approximate surface area is 196 Å². The van der Waals surface area contributed by atoms with Gasteiger partial charge in [-0.3, -0.25) is 9.36 Å². The van der Waals surface area contributed by atoms with Crippen molar-refractivity contribution >= 4 is 12.0 Å². The Balaban J connectivity index is 1.42. The average Bonchev–Trinajstić information content (AvgIpc) is 3.50. The number of ether oxygens (including phenoxy) is 3. The van der Waals surface area contributed by atoms with Crippen LogP contribution in [0.15, 0.2) is 43.0 Å². The van der Waals surface area contributed by atoms with E-state index in [2.05, 4.69) is 20.3 Å². The molecule has 11 nitrogen and oxygen atoms in total. The number of carbonyl (C=O) groups excluding carboxylic acids is 2. The number of hydrogen-bond donors (Lipinski definition) is 1. The van der Waals surface area contributed by atoms with Crippen LogP contribution in [0.4, 0.5) is 4.79 Å². The second-order valence-corrected chi connectivity index (χ2v) is 7.60. The zero-order chi connectivity index (χ0) is 23.9. The predicted octanol–water partition coefficient (Wildman–Crippen LogP) is 2.02. The van der Waals surface area contributed by atoms with E-state index in [1.807, 2.05) is 25.1 Å². The van der Waals surface area contributed by atoms with Crippen molar-refractivity contribution in [3.05, 3.63) is 59.9 Å². The Hall–Kier alpha value is -4.15. The third-order valence-corrected chi connectivity index (χ3v) is 5.02. The maximum atomic E-state index is 13.0. The van der Waals surface area contributed by atoms with E-state index in [9.17, 15) is 9.59 Å². The lowest BCUT2D eigenvalue weighted by Gasteiger charge is -2.22. The van der Waals surface area contributed by atoms with Crippen LogP contribution in [0.5, 0.6) is 11.5 Å². The molecule has 0 fully saturated rings. The van der Waals surface area contributed by atoms with Crippen molar-refractivity contribution in [3.8, 4) is 17.4 Å². The molecule has 1 aliphatic rings. The first-order chi connectivity index (χ1) is 16.5. The third kappa shape index (κ3) is 5.80. The van der Waals surface area contributed by atoms with Crippen LogP contribution in [0, 0.1) is 6.92 Å². The SMILES string of the molecule is CCOC(=O)CN(Cc1cc(C)nc(-n2ccnc2)n1)C(=O)NCCc1ccc2c(c1)OCO2. The van der Waals surface area contributed by atoms with Crippen LogP contribution in [0.25, 0.3) is 5.95 Å². The van der Waals surface area contributed by atoms with Gasteiger partial charge in [0.25, 0.3) is 0 Å². The standard InChI is InChI=1S/C23H26N6O5/c1-3-32-21(30)13-29(12-18-10-16(2)26-22(27-18)28-9-8-24-14-28)23(31)25-7-6-17-4-5-19-20(11-17)34-15-33-19/h4-5,8-11,14H,3,6-7,12-13,15H2,1-2H3,(H,25,31). The van der Waals surface area contributed by atoms with Crippen molar-refractivity contribution < 1.29 is 23.8 Å². The number of aryl methyl sites for hydroxylation is 1. The van der Waals surface area contributed by atoms with E-state index in [-0.39, 0.29) is 26.5 Å². The van der Waals surface area contributed by atoms with Gasteiger partial charge in [-0.05, 0) is 44.0 Å². The molecule has 178 valence electrons. The Morgan fingerprint density at radius 1 is 1.21 bits per heavy atom. The average molecular weight is 466 g/mol. The summed E-state index contributed by atoms with van der Waals surface area (Å²) in [7, 11) is 0. The van der Waals surface area contributed by atoms with Crippen LogP contribution >= 0.6 is 0 Å². The molecular formula is C23H26N6O5. The first-order valence-electron chi connectivity index (χ1n) is 10.9. The number of urea groups is 1. The second-order valence-electron chi connectivity index (χ2n) is 7.60. The van der Waals surface area contributed by atoms with Gasteiger partial charge in [-0.2, -0.15) is 0 Å². The highest BCUT2D eigenvalue weighted by Gasteiger charge is 2.20. The van der Waals surface area contributed by atoms with Crippen LogP contribution < -0.4 is 14.8 Å². The molecule has 3 heterocycles. The van der Waals surface area contributed by atoms with Gasteiger partial charge in [-0.15, -0.1) is 0 Å². The van der Waals surface area contributed by atoms with Crippen molar-refractivity contribution in [1.82, 2.24) is 29.7 Å². The highest BCUT2D eigenvalue weighted by atomic mass is 16.7. The second kappa shape index (κ2) is 10.6. The van der Waals surface area contributed by atoms with E-state index < -0.39 is 12.0 Å². The molecule has 0 unspecified atom stereocenters. The fourth-order valence-electron chi connectivity index (χ4n) is 3.47. The molecular weight excluding hydrogens is 440 g/mol. The largest absolute Gasteiger partial charge is 0.465 e. The van der Waals surface area contributed by atoms with E-state index in [0.29, 0.717) is 36.1 Å². The van der Waals surface area contributed by atoms with E-state index in [4.69, 9.17) is 14.2 Å². The summed E-state index contributed by atoms with van der Waals surface area (Å²) >= 11 is 0. The minimum Gasteiger partial charge on any atom is -0.465 e. The van der Waals surface area contributed by atoms with Crippen molar-refractivity contribution in [1.29, 1.82) is 0 Å². The molecule has 1 aliphatic heterocycles. The summed E-state index contributed by atoms with van der Waals surface area (Å²) in [5, 5.41) is 2.87. The fraction of sp³-hybridized carbons (Fsp3) is 0.348.